The lowest BCUT2D eigenvalue weighted by atomic mass is 10.0. The van der Waals surface area contributed by atoms with Crippen LogP contribution >= 0.6 is 0 Å². The Morgan fingerprint density at radius 1 is 1.21 bits per heavy atom. The van der Waals surface area contributed by atoms with Crippen molar-refractivity contribution in [2.75, 3.05) is 20.8 Å². The lowest BCUT2D eigenvalue weighted by molar-refractivity contribution is -0.138. The summed E-state index contributed by atoms with van der Waals surface area (Å²) in [7, 11) is 2.90. The van der Waals surface area contributed by atoms with E-state index in [9.17, 15) is 13.2 Å². The molecule has 0 aromatic heterocycles. The Hall–Kier alpha value is -1.11. The van der Waals surface area contributed by atoms with E-state index in [1.165, 1.54) is 20.3 Å². The van der Waals surface area contributed by atoms with Gasteiger partial charge in [0.1, 0.15) is 0 Å². The van der Waals surface area contributed by atoms with Gasteiger partial charge in [0, 0.05) is 14.2 Å². The zero-order chi connectivity index (χ0) is 14.5. The third-order valence-electron chi connectivity index (χ3n) is 2.73. The highest BCUT2D eigenvalue weighted by Gasteiger charge is 2.32. The number of rotatable bonds is 6. The van der Waals surface area contributed by atoms with Crippen LogP contribution in [-0.2, 0) is 15.7 Å². The molecule has 1 N–H and O–H groups in total. The molecular weight excluding hydrogens is 259 g/mol. The van der Waals surface area contributed by atoms with Crippen LogP contribution in [0.4, 0.5) is 13.2 Å². The van der Waals surface area contributed by atoms with E-state index in [0.717, 1.165) is 12.1 Å². The number of benzene rings is 1. The van der Waals surface area contributed by atoms with Crippen LogP contribution in [0.5, 0.6) is 0 Å². The summed E-state index contributed by atoms with van der Waals surface area (Å²) in [5, 5.41) is 3.06. The Morgan fingerprint density at radius 3 is 2.32 bits per heavy atom. The molecule has 0 saturated heterocycles. The van der Waals surface area contributed by atoms with Crippen molar-refractivity contribution < 1.29 is 22.6 Å². The molecule has 0 fully saturated rings. The quantitative estimate of drug-likeness (QED) is 0.811. The Kier molecular flexibility index (Phi) is 5.78. The zero-order valence-corrected chi connectivity index (χ0v) is 11.1. The van der Waals surface area contributed by atoms with E-state index in [1.807, 2.05) is 6.92 Å². The van der Waals surface area contributed by atoms with Gasteiger partial charge in [-0.2, -0.15) is 13.2 Å². The third kappa shape index (κ3) is 4.19. The first-order chi connectivity index (χ1) is 8.93. The van der Waals surface area contributed by atoms with E-state index >= 15 is 0 Å². The molecule has 6 heteroatoms. The van der Waals surface area contributed by atoms with Gasteiger partial charge in [-0.15, -0.1) is 0 Å². The first-order valence-electron chi connectivity index (χ1n) is 5.90. The van der Waals surface area contributed by atoms with Gasteiger partial charge < -0.3 is 14.8 Å². The maximum atomic E-state index is 12.7. The molecule has 0 aliphatic heterocycles. The van der Waals surface area contributed by atoms with E-state index in [2.05, 4.69) is 5.32 Å². The highest BCUT2D eigenvalue weighted by atomic mass is 19.4. The summed E-state index contributed by atoms with van der Waals surface area (Å²) in [6, 6.07) is 4.69. The van der Waals surface area contributed by atoms with Crippen molar-refractivity contribution >= 4 is 0 Å². The number of halogens is 3. The largest absolute Gasteiger partial charge is 0.416 e. The van der Waals surface area contributed by atoms with E-state index in [1.54, 1.807) is 6.07 Å². The Bertz CT molecular complexity index is 392. The number of likely N-dealkylation sites (N-methyl/N-ethyl adjacent to an activating group) is 1. The predicted molar refractivity (Wildman–Crippen MR) is 65.7 cm³/mol. The van der Waals surface area contributed by atoms with Crippen molar-refractivity contribution in [3.63, 3.8) is 0 Å². The molecule has 0 aliphatic carbocycles. The minimum Gasteiger partial charge on any atom is -0.354 e. The average Bonchev–Trinajstić information content (AvgIpc) is 2.38. The number of hydrogen-bond acceptors (Lipinski definition) is 3. The van der Waals surface area contributed by atoms with Gasteiger partial charge in [0.05, 0.1) is 11.6 Å². The average molecular weight is 277 g/mol. The maximum Gasteiger partial charge on any atom is 0.416 e. The molecule has 0 aliphatic rings. The van der Waals surface area contributed by atoms with Gasteiger partial charge in [0.15, 0.2) is 6.29 Å². The van der Waals surface area contributed by atoms with Gasteiger partial charge in [-0.1, -0.05) is 19.1 Å². The molecule has 0 bridgehead atoms. The Morgan fingerprint density at radius 2 is 1.84 bits per heavy atom. The van der Waals surface area contributed by atoms with Gasteiger partial charge in [0.2, 0.25) is 0 Å². The second-order valence-corrected chi connectivity index (χ2v) is 4.00. The lowest BCUT2D eigenvalue weighted by Crippen LogP contribution is -2.34. The van der Waals surface area contributed by atoms with E-state index in [-0.39, 0.29) is 0 Å². The smallest absolute Gasteiger partial charge is 0.354 e. The molecule has 1 rings (SSSR count). The molecule has 1 aromatic rings. The number of ether oxygens (including phenoxy) is 2. The van der Waals surface area contributed by atoms with Crippen LogP contribution in [0.1, 0.15) is 24.1 Å². The Balaban J connectivity index is 3.09. The van der Waals surface area contributed by atoms with Crippen LogP contribution < -0.4 is 5.32 Å². The fourth-order valence-corrected chi connectivity index (χ4v) is 1.87. The van der Waals surface area contributed by atoms with Crippen LogP contribution in [0.15, 0.2) is 24.3 Å². The molecule has 19 heavy (non-hydrogen) atoms. The molecule has 0 saturated carbocycles. The summed E-state index contributed by atoms with van der Waals surface area (Å²) in [6.45, 7) is 2.45. The summed E-state index contributed by atoms with van der Waals surface area (Å²) < 4.78 is 48.4. The second-order valence-electron chi connectivity index (χ2n) is 4.00. The highest BCUT2D eigenvalue weighted by Crippen LogP contribution is 2.31. The molecule has 1 atom stereocenters. The topological polar surface area (TPSA) is 30.5 Å². The molecule has 1 aromatic carbocycles. The normalized spacial score (nSPS) is 13.8. The standard InChI is InChI=1S/C13H18F3NO2/c1-4-17-11(12(18-2)19-3)9-6-5-7-10(8-9)13(14,15)16/h5-8,11-12,17H,4H2,1-3H3. The molecule has 0 radical (unpaired) electrons. The molecule has 108 valence electrons. The molecule has 3 nitrogen and oxygen atoms in total. The summed E-state index contributed by atoms with van der Waals surface area (Å²) in [6.07, 6.45) is -5.01. The predicted octanol–water partition coefficient (Wildman–Crippen LogP) is 2.97. The van der Waals surface area contributed by atoms with Crippen molar-refractivity contribution in [1.29, 1.82) is 0 Å². The summed E-state index contributed by atoms with van der Waals surface area (Å²) in [5.41, 5.74) is -0.204. The van der Waals surface area contributed by atoms with Crippen molar-refractivity contribution in [3.8, 4) is 0 Å². The van der Waals surface area contributed by atoms with Crippen molar-refractivity contribution in [3.05, 3.63) is 35.4 Å². The van der Waals surface area contributed by atoms with E-state index in [4.69, 9.17) is 9.47 Å². The minimum absolute atomic E-state index is 0.456. The molecule has 0 spiro atoms. The third-order valence-corrected chi connectivity index (χ3v) is 2.73. The van der Waals surface area contributed by atoms with Crippen molar-refractivity contribution in [1.82, 2.24) is 5.32 Å². The van der Waals surface area contributed by atoms with Crippen LogP contribution in [0.2, 0.25) is 0 Å². The van der Waals surface area contributed by atoms with Gasteiger partial charge in [0.25, 0.3) is 0 Å². The number of nitrogens with one attached hydrogen (secondary N) is 1. The van der Waals surface area contributed by atoms with Crippen LogP contribution in [0.3, 0.4) is 0 Å². The van der Waals surface area contributed by atoms with Gasteiger partial charge >= 0.3 is 6.18 Å². The second kappa shape index (κ2) is 6.88. The molecule has 1 unspecified atom stereocenters. The molecule has 0 heterocycles. The van der Waals surface area contributed by atoms with E-state index in [0.29, 0.717) is 12.1 Å². The SMILES string of the molecule is CCNC(c1cccc(C(F)(F)F)c1)C(OC)OC. The monoisotopic (exact) mass is 277 g/mol. The molecular formula is C13H18F3NO2. The molecule has 0 amide bonds. The zero-order valence-electron chi connectivity index (χ0n) is 11.1. The minimum atomic E-state index is -4.36. The highest BCUT2D eigenvalue weighted by molar-refractivity contribution is 5.28. The number of methoxy groups -OCH3 is 2. The van der Waals surface area contributed by atoms with Crippen molar-refractivity contribution in [2.24, 2.45) is 0 Å². The van der Waals surface area contributed by atoms with E-state index < -0.39 is 24.1 Å². The first kappa shape index (κ1) is 15.9. The lowest BCUT2D eigenvalue weighted by Gasteiger charge is -2.26. The summed E-state index contributed by atoms with van der Waals surface area (Å²) in [4.78, 5) is 0. The summed E-state index contributed by atoms with van der Waals surface area (Å²) >= 11 is 0. The van der Waals surface area contributed by atoms with Gasteiger partial charge in [-0.05, 0) is 24.2 Å². The van der Waals surface area contributed by atoms with Crippen LogP contribution in [-0.4, -0.2) is 27.1 Å². The number of hydrogen-bond donors (Lipinski definition) is 1. The number of alkyl halides is 3. The summed E-state index contributed by atoms with van der Waals surface area (Å²) in [5.74, 6) is 0. The first-order valence-corrected chi connectivity index (χ1v) is 5.90. The Labute approximate surface area is 110 Å². The fourth-order valence-electron chi connectivity index (χ4n) is 1.87. The van der Waals surface area contributed by atoms with Crippen LogP contribution in [0.25, 0.3) is 0 Å². The fraction of sp³-hybridized carbons (Fsp3) is 0.538. The van der Waals surface area contributed by atoms with Gasteiger partial charge in [-0.25, -0.2) is 0 Å². The maximum absolute atomic E-state index is 12.7. The van der Waals surface area contributed by atoms with Crippen LogP contribution in [0, 0.1) is 0 Å². The van der Waals surface area contributed by atoms with Crippen molar-refractivity contribution in [2.45, 2.75) is 25.4 Å². The van der Waals surface area contributed by atoms with Gasteiger partial charge in [-0.3, -0.25) is 0 Å².